The van der Waals surface area contributed by atoms with Crippen LogP contribution in [0, 0.1) is 51.2 Å². The van der Waals surface area contributed by atoms with Gasteiger partial charge in [-0.05, 0) is 104 Å². The van der Waals surface area contributed by atoms with Gasteiger partial charge < -0.3 is 0 Å². The molecule has 6 nitrogen and oxygen atoms in total. The number of carbonyl (C=O) groups excluding carboxylic acids is 4. The van der Waals surface area contributed by atoms with Crippen molar-refractivity contribution in [3.63, 3.8) is 0 Å². The number of amides is 4. The Bertz CT molecular complexity index is 2010. The van der Waals surface area contributed by atoms with Crippen LogP contribution in [-0.2, 0) is 19.2 Å². The summed E-state index contributed by atoms with van der Waals surface area (Å²) in [7, 11) is 0. The van der Waals surface area contributed by atoms with E-state index < -0.39 is 0 Å². The normalized spacial score (nSPS) is 37.5. The number of nitrogens with zero attached hydrogens (tertiary/aromatic N) is 2. The fourth-order valence-electron chi connectivity index (χ4n) is 13.4. The number of likely N-dealkylation sites (tertiary alicyclic amines) is 1. The van der Waals surface area contributed by atoms with Crippen molar-refractivity contribution < 1.29 is 19.2 Å². The smallest absolute Gasteiger partial charge is 0.254 e. The van der Waals surface area contributed by atoms with Crippen LogP contribution in [0.3, 0.4) is 0 Å². The van der Waals surface area contributed by atoms with Crippen molar-refractivity contribution in [2.45, 2.75) is 139 Å². The molecule has 6 heteroatoms. The van der Waals surface area contributed by atoms with Gasteiger partial charge in [-0.2, -0.15) is 0 Å². The van der Waals surface area contributed by atoms with Crippen LogP contribution in [0.5, 0.6) is 0 Å². The molecular formula is C50H64N2O4. The summed E-state index contributed by atoms with van der Waals surface area (Å²) >= 11 is 0. The van der Waals surface area contributed by atoms with Gasteiger partial charge in [-0.1, -0.05) is 131 Å². The van der Waals surface area contributed by atoms with Crippen molar-refractivity contribution in [2.24, 2.45) is 51.2 Å². The lowest BCUT2D eigenvalue weighted by Crippen LogP contribution is -2.47. The molecule has 0 aromatic carbocycles. The highest BCUT2D eigenvalue weighted by atomic mass is 16.2. The topological polar surface area (TPSA) is 74.8 Å². The number of hydrogen-bond acceptors (Lipinski definition) is 4. The summed E-state index contributed by atoms with van der Waals surface area (Å²) in [5, 5.41) is 0. The molecule has 8 aliphatic rings. The second kappa shape index (κ2) is 13.4. The average molecular weight is 757 g/mol. The van der Waals surface area contributed by atoms with Crippen LogP contribution < -0.4 is 0 Å². The van der Waals surface area contributed by atoms with Crippen molar-refractivity contribution in [3.8, 4) is 0 Å². The first-order chi connectivity index (χ1) is 26.3. The number of carbonyl (C=O) groups is 4. The minimum absolute atomic E-state index is 0.00429. The molecule has 298 valence electrons. The maximum absolute atomic E-state index is 12.9. The van der Waals surface area contributed by atoms with E-state index in [0.29, 0.717) is 24.7 Å². The maximum atomic E-state index is 12.9. The highest BCUT2D eigenvalue weighted by Crippen LogP contribution is 2.73. The lowest BCUT2D eigenvalue weighted by molar-refractivity contribution is -0.142. The molecule has 0 aromatic rings. The first kappa shape index (κ1) is 39.0. The summed E-state index contributed by atoms with van der Waals surface area (Å²) in [5.74, 6) is 1.04. The molecule has 2 aliphatic heterocycles. The quantitative estimate of drug-likeness (QED) is 0.192. The Morgan fingerprint density at radius 1 is 0.786 bits per heavy atom. The van der Waals surface area contributed by atoms with E-state index in [1.807, 2.05) is 0 Å². The molecule has 0 radical (unpaired) electrons. The van der Waals surface area contributed by atoms with Gasteiger partial charge in [0, 0.05) is 36.3 Å². The molecule has 2 saturated carbocycles. The van der Waals surface area contributed by atoms with Crippen molar-refractivity contribution in [2.75, 3.05) is 0 Å². The summed E-state index contributed by atoms with van der Waals surface area (Å²) in [6.45, 7) is 23.3. The van der Waals surface area contributed by atoms with E-state index in [1.54, 1.807) is 10.5 Å². The van der Waals surface area contributed by atoms with E-state index in [2.05, 4.69) is 112 Å². The van der Waals surface area contributed by atoms with Gasteiger partial charge in [-0.15, -0.1) is 0 Å². The molecule has 6 aliphatic carbocycles. The SMILES string of the molecule is CC1=CC(C(C)(C)C2=CC(C3CC4(C)CC3(C)C3=CC=C(C(C)(C)C5=C(C)C(N6C(=O)CCC6=O)C(C)CC5)CC34)=CCC2)C=CC(C)C1N1C(=O)C=CC1=O. The van der Waals surface area contributed by atoms with Crippen LogP contribution in [0.4, 0.5) is 0 Å². The van der Waals surface area contributed by atoms with Gasteiger partial charge in [-0.25, -0.2) is 0 Å². The van der Waals surface area contributed by atoms with E-state index in [4.69, 9.17) is 0 Å². The zero-order valence-electron chi connectivity index (χ0n) is 35.6. The lowest BCUT2D eigenvalue weighted by Gasteiger charge is -2.47. The number of allylic oxidation sites excluding steroid dienone is 11. The van der Waals surface area contributed by atoms with Crippen molar-refractivity contribution in [1.29, 1.82) is 0 Å². The van der Waals surface area contributed by atoms with Gasteiger partial charge in [0.1, 0.15) is 0 Å². The zero-order chi connectivity index (χ0) is 40.3. The lowest BCUT2D eigenvalue weighted by atomic mass is 9.58. The molecule has 2 bridgehead atoms. The molecule has 56 heavy (non-hydrogen) atoms. The van der Waals surface area contributed by atoms with E-state index in [1.165, 1.54) is 57.8 Å². The van der Waals surface area contributed by atoms with E-state index in [0.717, 1.165) is 37.7 Å². The standard InChI is InChI=1S/C50H64N2O4/c1-29-14-16-35(24-31(3)45(29)51-41(53)20-21-42(51)54)47(5,6)34-13-11-12-33(25-34)40-27-49(9)28-50(40,10)38-19-17-36(26-39(38)49)48(7,8)37-18-15-30(2)46(32(37)4)52-43(55)22-23-44(52)56/h12,14,16-17,19-21,24-25,29-30,35,39-40,45-46H,11,13,15,18,22-23,26-28H2,1-10H3. The second-order valence-electron chi connectivity index (χ2n) is 20.6. The fourth-order valence-corrected chi connectivity index (χ4v) is 13.4. The third-order valence-corrected chi connectivity index (χ3v) is 16.6. The molecule has 3 fully saturated rings. The Hall–Kier alpha value is -3.80. The van der Waals surface area contributed by atoms with Crippen molar-refractivity contribution in [1.82, 2.24) is 9.80 Å². The van der Waals surface area contributed by atoms with Crippen LogP contribution >= 0.6 is 0 Å². The van der Waals surface area contributed by atoms with Crippen LogP contribution in [0.1, 0.15) is 127 Å². The summed E-state index contributed by atoms with van der Waals surface area (Å²) in [5.41, 5.74) is 9.95. The first-order valence-corrected chi connectivity index (χ1v) is 21.6. The predicted octanol–water partition coefficient (Wildman–Crippen LogP) is 10.3. The fraction of sp³-hybridized carbons (Fsp3) is 0.600. The van der Waals surface area contributed by atoms with E-state index in [9.17, 15) is 19.2 Å². The molecule has 0 aromatic heterocycles. The summed E-state index contributed by atoms with van der Waals surface area (Å²) in [6.07, 6.45) is 28.0. The minimum atomic E-state index is -0.264. The molecule has 8 rings (SSSR count). The van der Waals surface area contributed by atoms with Crippen LogP contribution in [0.15, 0.2) is 93.7 Å². The largest absolute Gasteiger partial charge is 0.275 e. The Balaban J connectivity index is 1.06. The van der Waals surface area contributed by atoms with Gasteiger partial charge in [0.25, 0.3) is 11.8 Å². The van der Waals surface area contributed by atoms with Gasteiger partial charge >= 0.3 is 0 Å². The predicted molar refractivity (Wildman–Crippen MR) is 222 cm³/mol. The van der Waals surface area contributed by atoms with Crippen LogP contribution in [0.2, 0.25) is 0 Å². The summed E-state index contributed by atoms with van der Waals surface area (Å²) < 4.78 is 0. The third kappa shape index (κ3) is 5.84. The van der Waals surface area contributed by atoms with Gasteiger partial charge in [0.2, 0.25) is 11.8 Å². The Morgan fingerprint density at radius 2 is 1.46 bits per heavy atom. The third-order valence-electron chi connectivity index (χ3n) is 16.6. The van der Waals surface area contributed by atoms with E-state index in [-0.39, 0.29) is 75.1 Å². The summed E-state index contributed by atoms with van der Waals surface area (Å²) in [4.78, 5) is 54.3. The highest BCUT2D eigenvalue weighted by Gasteiger charge is 2.64. The number of rotatable bonds is 7. The van der Waals surface area contributed by atoms with Gasteiger partial charge in [0.15, 0.2) is 0 Å². The summed E-state index contributed by atoms with van der Waals surface area (Å²) in [6, 6.07) is -0.384. The number of imide groups is 2. The van der Waals surface area contributed by atoms with Gasteiger partial charge in [0.05, 0.1) is 12.1 Å². The number of hydrogen-bond donors (Lipinski definition) is 0. The molecule has 0 spiro atoms. The monoisotopic (exact) mass is 756 g/mol. The Morgan fingerprint density at radius 3 is 2.14 bits per heavy atom. The van der Waals surface area contributed by atoms with Gasteiger partial charge in [-0.3, -0.25) is 29.0 Å². The molecule has 9 atom stereocenters. The van der Waals surface area contributed by atoms with Crippen molar-refractivity contribution in [3.05, 3.63) is 93.7 Å². The first-order valence-electron chi connectivity index (χ1n) is 21.6. The molecular weight excluding hydrogens is 693 g/mol. The molecule has 4 amide bonds. The maximum Gasteiger partial charge on any atom is 0.254 e. The molecule has 0 N–H and O–H groups in total. The molecule has 2 heterocycles. The second-order valence-corrected chi connectivity index (χ2v) is 20.6. The van der Waals surface area contributed by atoms with Crippen LogP contribution in [-0.4, -0.2) is 45.5 Å². The Labute approximate surface area is 335 Å². The zero-order valence-corrected chi connectivity index (χ0v) is 35.6. The molecule has 1 saturated heterocycles. The number of fused-ring (bicyclic) bond motifs is 5. The average Bonchev–Trinajstić information content (AvgIpc) is 3.79. The molecule has 9 unspecified atom stereocenters. The minimum Gasteiger partial charge on any atom is -0.275 e. The highest BCUT2D eigenvalue weighted by molar-refractivity contribution is 6.13. The van der Waals surface area contributed by atoms with E-state index >= 15 is 0 Å². The van der Waals surface area contributed by atoms with Crippen LogP contribution in [0.25, 0.3) is 0 Å². The van der Waals surface area contributed by atoms with Crippen molar-refractivity contribution >= 4 is 23.6 Å². The Kier molecular flexibility index (Phi) is 9.33.